The van der Waals surface area contributed by atoms with Gasteiger partial charge in [-0.15, -0.1) is 0 Å². The largest absolute Gasteiger partial charge is 0.465 e. The smallest absolute Gasteiger partial charge is 0.407 e. The number of likely N-dealkylation sites (tertiary alicyclic amines) is 1. The summed E-state index contributed by atoms with van der Waals surface area (Å²) in [4.78, 5) is 17.0. The molecule has 0 bridgehead atoms. The zero-order valence-corrected chi connectivity index (χ0v) is 11.8. The van der Waals surface area contributed by atoms with Crippen LogP contribution in [0.2, 0.25) is 0 Å². The van der Waals surface area contributed by atoms with E-state index in [1.54, 1.807) is 0 Å². The number of aromatic nitrogens is 1. The average molecular weight is 286 g/mol. The van der Waals surface area contributed by atoms with Crippen molar-refractivity contribution in [2.45, 2.75) is 37.5 Å². The highest BCUT2D eigenvalue weighted by molar-refractivity contribution is 5.74. The van der Waals surface area contributed by atoms with E-state index in [1.807, 2.05) is 6.07 Å². The van der Waals surface area contributed by atoms with Gasteiger partial charge in [0.1, 0.15) is 5.52 Å². The third-order valence-electron chi connectivity index (χ3n) is 4.59. The summed E-state index contributed by atoms with van der Waals surface area (Å²) in [6, 6.07) is 6.31. The highest BCUT2D eigenvalue weighted by Crippen LogP contribution is 2.41. The molecular weight excluding hydrogens is 268 g/mol. The van der Waals surface area contributed by atoms with Gasteiger partial charge in [0.25, 0.3) is 0 Å². The normalized spacial score (nSPS) is 20.1. The molecule has 21 heavy (non-hydrogen) atoms. The summed E-state index contributed by atoms with van der Waals surface area (Å²) in [7, 11) is 0. The maximum absolute atomic E-state index is 10.9. The van der Waals surface area contributed by atoms with Gasteiger partial charge in [-0.3, -0.25) is 0 Å². The molecule has 0 radical (unpaired) electrons. The van der Waals surface area contributed by atoms with Crippen LogP contribution in [0, 0.1) is 0 Å². The van der Waals surface area contributed by atoms with E-state index in [0.29, 0.717) is 19.0 Å². The molecule has 4 rings (SSSR count). The van der Waals surface area contributed by atoms with E-state index in [9.17, 15) is 4.79 Å². The predicted molar refractivity (Wildman–Crippen MR) is 77.6 cm³/mol. The number of hydrogen-bond donors (Lipinski definition) is 1. The van der Waals surface area contributed by atoms with Crippen LogP contribution in [-0.2, 0) is 0 Å². The van der Waals surface area contributed by atoms with Gasteiger partial charge in [0.05, 0.1) is 0 Å². The summed E-state index contributed by atoms with van der Waals surface area (Å²) in [6.45, 7) is 1.12. The van der Waals surface area contributed by atoms with Crippen molar-refractivity contribution >= 4 is 17.2 Å². The van der Waals surface area contributed by atoms with Gasteiger partial charge in [0.15, 0.2) is 11.5 Å². The Bertz CT molecular complexity index is 682. The molecule has 2 fully saturated rings. The molecule has 1 saturated carbocycles. The van der Waals surface area contributed by atoms with Crippen LogP contribution in [-0.4, -0.2) is 34.2 Å². The van der Waals surface area contributed by atoms with Crippen molar-refractivity contribution in [1.29, 1.82) is 0 Å². The third kappa shape index (κ3) is 2.37. The van der Waals surface area contributed by atoms with Crippen LogP contribution in [0.25, 0.3) is 11.1 Å². The van der Waals surface area contributed by atoms with Gasteiger partial charge in [0.2, 0.25) is 0 Å². The number of benzene rings is 1. The maximum atomic E-state index is 10.9. The van der Waals surface area contributed by atoms with Crippen molar-refractivity contribution in [1.82, 2.24) is 9.88 Å². The van der Waals surface area contributed by atoms with Crippen LogP contribution in [0.1, 0.15) is 49.0 Å². The molecule has 110 valence electrons. The van der Waals surface area contributed by atoms with E-state index < -0.39 is 6.09 Å². The lowest BCUT2D eigenvalue weighted by molar-refractivity contribution is 0.129. The van der Waals surface area contributed by atoms with E-state index in [2.05, 4.69) is 17.1 Å². The summed E-state index contributed by atoms with van der Waals surface area (Å²) in [6.07, 6.45) is 3.30. The zero-order chi connectivity index (χ0) is 14.4. The SMILES string of the molecule is O=C(O)N1CCC(c2nc3cc(C4CC4)ccc3o2)CC1. The Balaban J connectivity index is 1.55. The Hall–Kier alpha value is -2.04. The molecule has 1 N–H and O–H groups in total. The standard InChI is InChI=1S/C16H18N2O3/c19-16(20)18-7-5-11(6-8-18)15-17-13-9-12(10-1-2-10)3-4-14(13)21-15/h3-4,9-11H,1-2,5-8H2,(H,19,20). The number of amides is 1. The van der Waals surface area contributed by atoms with E-state index in [4.69, 9.17) is 9.52 Å². The summed E-state index contributed by atoms with van der Waals surface area (Å²) in [5.41, 5.74) is 3.15. The Morgan fingerprint density at radius 3 is 2.62 bits per heavy atom. The molecule has 2 aliphatic rings. The molecule has 1 aromatic carbocycles. The number of carbonyl (C=O) groups is 1. The van der Waals surface area contributed by atoms with E-state index in [-0.39, 0.29) is 5.92 Å². The molecular formula is C16H18N2O3. The second-order valence-electron chi connectivity index (χ2n) is 6.10. The summed E-state index contributed by atoms with van der Waals surface area (Å²) in [5, 5.41) is 8.98. The van der Waals surface area contributed by atoms with Crippen LogP contribution < -0.4 is 0 Å². The quantitative estimate of drug-likeness (QED) is 0.916. The minimum atomic E-state index is -0.833. The topological polar surface area (TPSA) is 66.6 Å². The van der Waals surface area contributed by atoms with Crippen LogP contribution >= 0.6 is 0 Å². The number of piperidine rings is 1. The molecule has 5 nitrogen and oxygen atoms in total. The first-order valence-electron chi connectivity index (χ1n) is 7.59. The average Bonchev–Trinajstić information content (AvgIpc) is 3.26. The van der Waals surface area contributed by atoms with Gasteiger partial charge >= 0.3 is 6.09 Å². The van der Waals surface area contributed by atoms with Gasteiger partial charge in [-0.25, -0.2) is 9.78 Å². The first kappa shape index (κ1) is 12.7. The molecule has 2 aromatic rings. The molecule has 0 spiro atoms. The first-order chi connectivity index (χ1) is 10.2. The third-order valence-corrected chi connectivity index (χ3v) is 4.59. The fourth-order valence-electron chi connectivity index (χ4n) is 3.13. The summed E-state index contributed by atoms with van der Waals surface area (Å²) >= 11 is 0. The van der Waals surface area contributed by atoms with Crippen molar-refractivity contribution in [3.8, 4) is 0 Å². The zero-order valence-electron chi connectivity index (χ0n) is 11.8. The van der Waals surface area contributed by atoms with Crippen LogP contribution in [0.15, 0.2) is 22.6 Å². The fraction of sp³-hybridized carbons (Fsp3) is 0.500. The minimum Gasteiger partial charge on any atom is -0.465 e. The van der Waals surface area contributed by atoms with Gasteiger partial charge in [0, 0.05) is 19.0 Å². The first-order valence-corrected chi connectivity index (χ1v) is 7.59. The van der Waals surface area contributed by atoms with Crippen molar-refractivity contribution in [2.75, 3.05) is 13.1 Å². The second kappa shape index (κ2) is 4.76. The van der Waals surface area contributed by atoms with E-state index in [1.165, 1.54) is 23.3 Å². The fourth-order valence-corrected chi connectivity index (χ4v) is 3.13. The molecule has 1 amide bonds. The number of oxazole rings is 1. The van der Waals surface area contributed by atoms with Crippen molar-refractivity contribution in [3.63, 3.8) is 0 Å². The lowest BCUT2D eigenvalue weighted by Crippen LogP contribution is -2.36. The van der Waals surface area contributed by atoms with Gasteiger partial charge in [-0.05, 0) is 49.3 Å². The van der Waals surface area contributed by atoms with Gasteiger partial charge in [-0.1, -0.05) is 6.07 Å². The van der Waals surface area contributed by atoms with Crippen molar-refractivity contribution in [2.24, 2.45) is 0 Å². The Morgan fingerprint density at radius 1 is 1.19 bits per heavy atom. The van der Waals surface area contributed by atoms with Crippen LogP contribution in [0.4, 0.5) is 4.79 Å². The number of carboxylic acid groups (broad SMARTS) is 1. The molecule has 1 aliphatic carbocycles. The van der Waals surface area contributed by atoms with Crippen LogP contribution in [0.3, 0.4) is 0 Å². The lowest BCUT2D eigenvalue weighted by atomic mass is 9.97. The Morgan fingerprint density at radius 2 is 1.95 bits per heavy atom. The van der Waals surface area contributed by atoms with Crippen LogP contribution in [0.5, 0.6) is 0 Å². The van der Waals surface area contributed by atoms with E-state index in [0.717, 1.165) is 29.8 Å². The Labute approximate surface area is 122 Å². The van der Waals surface area contributed by atoms with Gasteiger partial charge < -0.3 is 14.4 Å². The maximum Gasteiger partial charge on any atom is 0.407 e. The second-order valence-corrected chi connectivity index (χ2v) is 6.10. The number of rotatable bonds is 2. The van der Waals surface area contributed by atoms with Crippen molar-refractivity contribution in [3.05, 3.63) is 29.7 Å². The predicted octanol–water partition coefficient (Wildman–Crippen LogP) is 3.56. The number of fused-ring (bicyclic) bond motifs is 1. The molecule has 1 aromatic heterocycles. The molecule has 0 unspecified atom stereocenters. The monoisotopic (exact) mass is 286 g/mol. The molecule has 5 heteroatoms. The molecule has 0 atom stereocenters. The lowest BCUT2D eigenvalue weighted by Gasteiger charge is -2.28. The van der Waals surface area contributed by atoms with E-state index >= 15 is 0 Å². The number of nitrogens with zero attached hydrogens (tertiary/aromatic N) is 2. The molecule has 1 saturated heterocycles. The van der Waals surface area contributed by atoms with Gasteiger partial charge in [-0.2, -0.15) is 0 Å². The molecule has 1 aliphatic heterocycles. The number of hydrogen-bond acceptors (Lipinski definition) is 3. The summed E-state index contributed by atoms with van der Waals surface area (Å²) < 4.78 is 5.88. The Kier molecular flexibility index (Phi) is 2.87. The van der Waals surface area contributed by atoms with Crippen molar-refractivity contribution < 1.29 is 14.3 Å². The highest BCUT2D eigenvalue weighted by Gasteiger charge is 2.28. The molecule has 2 heterocycles. The highest BCUT2D eigenvalue weighted by atomic mass is 16.4. The minimum absolute atomic E-state index is 0.234. The summed E-state index contributed by atoms with van der Waals surface area (Å²) in [5.74, 6) is 1.72.